The van der Waals surface area contributed by atoms with Gasteiger partial charge in [0.05, 0.1) is 12.7 Å². The van der Waals surface area contributed by atoms with Gasteiger partial charge in [0.1, 0.15) is 7.85 Å². The molecule has 144 valence electrons. The fourth-order valence-electron chi connectivity index (χ4n) is 2.06. The molecule has 0 aromatic rings. The molecule has 0 spiro atoms. The smallest absolute Gasteiger partial charge is 0.450 e. The van der Waals surface area contributed by atoms with Crippen molar-refractivity contribution in [2.45, 2.75) is 31.3 Å². The van der Waals surface area contributed by atoms with Crippen LogP contribution in [-0.4, -0.2) is 67.3 Å². The first kappa shape index (κ1) is 23.6. The van der Waals surface area contributed by atoms with Crippen LogP contribution in [0.4, 0.5) is 0 Å². The SMILES string of the molecule is BCCOBB[C@H]1CC[C@@H](COP(=O)(O)OP(=O)(O)OP(=O)(O)O)O1. The predicted molar refractivity (Wildman–Crippen MR) is 91.3 cm³/mol. The van der Waals surface area contributed by atoms with E-state index in [1.54, 1.807) is 0 Å². The quantitative estimate of drug-likeness (QED) is 0.165. The molecule has 1 fully saturated rings. The van der Waals surface area contributed by atoms with Crippen LogP contribution in [0.1, 0.15) is 12.8 Å². The minimum atomic E-state index is -5.49. The first-order valence-electron chi connectivity index (χ1n) is 7.44. The van der Waals surface area contributed by atoms with Crippen molar-refractivity contribution >= 4 is 45.9 Å². The van der Waals surface area contributed by atoms with E-state index in [2.05, 4.69) is 13.1 Å². The Labute approximate surface area is 146 Å². The van der Waals surface area contributed by atoms with E-state index in [0.717, 1.165) is 6.32 Å². The van der Waals surface area contributed by atoms with Crippen LogP contribution in [0.2, 0.25) is 6.32 Å². The standard InChI is InChI=1S/C7H20B3O12P3/c8-3-4-18-10-9-7-2-1-6(20-7)5-19-24(14,15)22-25(16,17)21-23(11,12)13/h6-7,9-10H,1-5,8H2,(H,14,15)(H,16,17)(H2,11,12,13)/t6-,7+/m0/s1. The van der Waals surface area contributed by atoms with E-state index in [1.807, 2.05) is 7.85 Å². The third kappa shape index (κ3) is 11.1. The zero-order valence-electron chi connectivity index (χ0n) is 13.5. The van der Waals surface area contributed by atoms with Gasteiger partial charge >= 0.3 is 23.5 Å². The summed E-state index contributed by atoms with van der Waals surface area (Å²) in [4.78, 5) is 35.2. The second-order valence-electron chi connectivity index (χ2n) is 5.25. The minimum Gasteiger partial charge on any atom is -0.450 e. The summed E-state index contributed by atoms with van der Waals surface area (Å²) in [6.45, 7) is 0.248. The summed E-state index contributed by atoms with van der Waals surface area (Å²) in [5, 5.41) is 0. The second kappa shape index (κ2) is 10.2. The molecule has 4 atom stereocenters. The minimum absolute atomic E-state index is 0.0913. The van der Waals surface area contributed by atoms with Gasteiger partial charge in [-0.1, -0.05) is 6.32 Å². The van der Waals surface area contributed by atoms with E-state index in [9.17, 15) is 18.6 Å². The molecule has 1 saturated heterocycles. The van der Waals surface area contributed by atoms with Crippen LogP contribution < -0.4 is 0 Å². The Kier molecular flexibility index (Phi) is 9.59. The lowest BCUT2D eigenvalue weighted by molar-refractivity contribution is 0.0393. The highest BCUT2D eigenvalue weighted by Crippen LogP contribution is 2.66. The lowest BCUT2D eigenvalue weighted by Gasteiger charge is -2.18. The molecule has 1 aliphatic rings. The van der Waals surface area contributed by atoms with Gasteiger partial charge in [0.2, 0.25) is 7.37 Å². The maximum Gasteiger partial charge on any atom is 0.490 e. The molecule has 2 unspecified atom stereocenters. The Morgan fingerprint density at radius 1 is 1.08 bits per heavy atom. The molecule has 1 aliphatic heterocycles. The Hall–Kier alpha value is 0.525. The average molecular weight is 422 g/mol. The summed E-state index contributed by atoms with van der Waals surface area (Å²) in [7, 11) is -12.8. The number of rotatable bonds is 12. The topological polar surface area (TPSA) is 178 Å². The molecule has 0 amide bonds. The van der Waals surface area contributed by atoms with Crippen LogP contribution in [0.25, 0.3) is 0 Å². The third-order valence-corrected chi connectivity index (χ3v) is 6.77. The summed E-state index contributed by atoms with van der Waals surface area (Å²) < 4.78 is 55.9. The number of phosphoric ester groups is 1. The van der Waals surface area contributed by atoms with Crippen LogP contribution in [-0.2, 0) is 36.2 Å². The summed E-state index contributed by atoms with van der Waals surface area (Å²) in [6.07, 6.45) is 1.61. The number of hydrogen-bond donors (Lipinski definition) is 4. The van der Waals surface area contributed by atoms with Crippen molar-refractivity contribution in [1.29, 1.82) is 0 Å². The van der Waals surface area contributed by atoms with E-state index in [4.69, 9.17) is 24.1 Å². The van der Waals surface area contributed by atoms with Crippen molar-refractivity contribution in [2.24, 2.45) is 0 Å². The van der Waals surface area contributed by atoms with Crippen molar-refractivity contribution in [3.05, 3.63) is 0 Å². The Balaban J connectivity index is 2.35. The molecule has 0 bridgehead atoms. The molecule has 0 saturated carbocycles. The monoisotopic (exact) mass is 422 g/mol. The zero-order valence-corrected chi connectivity index (χ0v) is 16.2. The highest BCUT2D eigenvalue weighted by atomic mass is 31.3. The molecular formula is C7H20B3O12P3. The fourth-order valence-corrected chi connectivity index (χ4v) is 5.11. The van der Waals surface area contributed by atoms with E-state index in [0.29, 0.717) is 34.0 Å². The van der Waals surface area contributed by atoms with Crippen molar-refractivity contribution in [3.8, 4) is 0 Å². The fraction of sp³-hybridized carbons (Fsp3) is 1.00. The van der Waals surface area contributed by atoms with Gasteiger partial charge < -0.3 is 29.0 Å². The zero-order chi connectivity index (χ0) is 19.1. The lowest BCUT2D eigenvalue weighted by Crippen LogP contribution is -2.26. The molecule has 0 aromatic carbocycles. The van der Waals surface area contributed by atoms with Crippen LogP contribution in [0, 0.1) is 0 Å². The van der Waals surface area contributed by atoms with Gasteiger partial charge in [-0.3, -0.25) is 4.52 Å². The van der Waals surface area contributed by atoms with E-state index < -0.39 is 36.2 Å². The Morgan fingerprint density at radius 2 is 1.76 bits per heavy atom. The van der Waals surface area contributed by atoms with Gasteiger partial charge in [-0.15, -0.1) is 0 Å². The maximum atomic E-state index is 11.6. The normalized spacial score (nSPS) is 25.9. The molecule has 12 nitrogen and oxygen atoms in total. The largest absolute Gasteiger partial charge is 0.490 e. The second-order valence-corrected chi connectivity index (χ2v) is 9.67. The number of phosphoric acid groups is 3. The average Bonchev–Trinajstić information content (AvgIpc) is 2.85. The highest BCUT2D eigenvalue weighted by Gasteiger charge is 2.41. The molecule has 0 radical (unpaired) electrons. The summed E-state index contributed by atoms with van der Waals surface area (Å²) >= 11 is 0. The highest BCUT2D eigenvalue weighted by molar-refractivity contribution is 7.66. The van der Waals surface area contributed by atoms with Crippen molar-refractivity contribution in [1.82, 2.24) is 0 Å². The molecule has 1 heterocycles. The lowest BCUT2D eigenvalue weighted by atomic mass is 9.46. The summed E-state index contributed by atoms with van der Waals surface area (Å²) in [5.74, 6) is 0. The number of ether oxygens (including phenoxy) is 1. The molecule has 4 N–H and O–H groups in total. The van der Waals surface area contributed by atoms with E-state index in [1.165, 1.54) is 0 Å². The molecule has 1 rings (SSSR count). The van der Waals surface area contributed by atoms with Crippen LogP contribution in [0.3, 0.4) is 0 Å². The molecular weight excluding hydrogens is 401 g/mol. The van der Waals surface area contributed by atoms with Crippen molar-refractivity contribution < 1.29 is 55.8 Å². The predicted octanol–water partition coefficient (Wildman–Crippen LogP) is -1.39. The van der Waals surface area contributed by atoms with Gasteiger partial charge in [0.15, 0.2) is 7.17 Å². The van der Waals surface area contributed by atoms with Gasteiger partial charge in [0, 0.05) is 12.6 Å². The third-order valence-electron chi connectivity index (χ3n) is 2.97. The van der Waals surface area contributed by atoms with Crippen molar-refractivity contribution in [3.63, 3.8) is 0 Å². The Morgan fingerprint density at radius 3 is 2.36 bits per heavy atom. The first-order valence-corrected chi connectivity index (χ1v) is 12.0. The van der Waals surface area contributed by atoms with Crippen LogP contribution in [0.5, 0.6) is 0 Å². The molecule has 18 heteroatoms. The van der Waals surface area contributed by atoms with Gasteiger partial charge in [-0.05, 0) is 12.8 Å². The van der Waals surface area contributed by atoms with Gasteiger partial charge in [-0.2, -0.15) is 8.62 Å². The van der Waals surface area contributed by atoms with Crippen LogP contribution in [0.15, 0.2) is 0 Å². The summed E-state index contributed by atoms with van der Waals surface area (Å²) in [6, 6.07) is -0.0913. The Bertz CT molecular complexity index is 556. The summed E-state index contributed by atoms with van der Waals surface area (Å²) in [5.41, 5.74) is 0. The number of hydrogen-bond acceptors (Lipinski definition) is 8. The molecule has 25 heavy (non-hydrogen) atoms. The first-order chi connectivity index (χ1) is 11.4. The van der Waals surface area contributed by atoms with E-state index >= 15 is 0 Å². The van der Waals surface area contributed by atoms with E-state index in [-0.39, 0.29) is 6.00 Å². The van der Waals surface area contributed by atoms with Crippen LogP contribution >= 0.6 is 23.5 Å². The van der Waals surface area contributed by atoms with Gasteiger partial charge in [0.25, 0.3) is 0 Å². The van der Waals surface area contributed by atoms with Gasteiger partial charge in [-0.25, -0.2) is 13.7 Å². The van der Waals surface area contributed by atoms with Crippen molar-refractivity contribution in [2.75, 3.05) is 13.2 Å². The molecule has 0 aromatic heterocycles. The maximum absolute atomic E-state index is 11.6. The molecule has 0 aliphatic carbocycles.